The van der Waals surface area contributed by atoms with Crippen molar-refractivity contribution in [1.82, 2.24) is 0 Å². The summed E-state index contributed by atoms with van der Waals surface area (Å²) in [5.41, 5.74) is 3.58. The monoisotopic (exact) mass is 838 g/mol. The van der Waals surface area contributed by atoms with Gasteiger partial charge in [-0.25, -0.2) is 0 Å². The molecule has 0 N–H and O–H groups in total. The van der Waals surface area contributed by atoms with E-state index in [9.17, 15) is 0 Å². The molecule has 284 valence electrons. The molecule has 0 radical (unpaired) electrons. The quantitative estimate of drug-likeness (QED) is 0.125. The van der Waals surface area contributed by atoms with E-state index in [1.165, 1.54) is 70.4 Å². The molecule has 1 aliphatic rings. The van der Waals surface area contributed by atoms with E-state index in [0.29, 0.717) is 0 Å². The first-order valence-electron chi connectivity index (χ1n) is 25.5. The van der Waals surface area contributed by atoms with Crippen molar-refractivity contribution in [2.75, 3.05) is 0 Å². The molecule has 0 bridgehead atoms. The highest BCUT2D eigenvalue weighted by molar-refractivity contribution is 6.84. The molecule has 1 nitrogen and oxygen atoms in total. The topological polar surface area (TPSA) is 17.1 Å². The molecule has 31 aromatic rings. The molecule has 0 heterocycles. The molecule has 32 rings (SSSR count). The molecule has 0 saturated heterocycles. The van der Waals surface area contributed by atoms with Crippen LogP contribution in [0.3, 0.4) is 0 Å². The molecule has 0 aliphatic heterocycles. The molecule has 0 atom stereocenters. The van der Waals surface area contributed by atoms with Crippen LogP contribution in [0.4, 0.5) is 0 Å². The molecule has 69 heavy (non-hydrogen) atoms. The lowest BCUT2D eigenvalue weighted by Crippen LogP contribution is -2.18. The maximum absolute atomic E-state index is 16.6. The van der Waals surface area contributed by atoms with Crippen LogP contribution in [-0.4, -0.2) is 5.78 Å². The van der Waals surface area contributed by atoms with Crippen molar-refractivity contribution in [3.8, 4) is 0 Å². The van der Waals surface area contributed by atoms with Crippen LogP contribution < -0.4 is 0 Å². The zero-order chi connectivity index (χ0) is 40.9. The van der Waals surface area contributed by atoms with Crippen molar-refractivity contribution < 1.29 is 4.79 Å². The van der Waals surface area contributed by atoms with E-state index in [1.54, 1.807) is 253 Å². The first kappa shape index (κ1) is 25.3. The summed E-state index contributed by atoms with van der Waals surface area (Å²) in [6, 6.07) is 10.6. The Morgan fingerprint density at radius 2 is 0.319 bits per heavy atom. The standard InChI is InChI=1S/C68H6O/c69-68(6-4-2-1-3-5-6)67-65-61-54-47-35-27-18-9-7-8-10-13(9)22-29(27)37-38-30(22)28-19(10)21-17-12(8)15-14-11(7)16-20(18)33(35)41-39-25(16)23(14)31-32-24(15)26(17)40-42-34(21)36(28)48-50(38)59(58(61)49(37)47)62-55(48)53(42)57-46(40)44(32)51-43(31)45(39)56(52(41)54)63(65)60(51)64(57)66(62)67/h1-5,67H. The van der Waals surface area contributed by atoms with E-state index in [0.717, 1.165) is 5.56 Å². The fourth-order valence-corrected chi connectivity index (χ4v) is 23.8. The fraction of sp³-hybridized carbons (Fsp3) is 0.0147. The molecule has 1 heteroatoms. The summed E-state index contributed by atoms with van der Waals surface area (Å²) in [7, 11) is 0. The molecule has 0 amide bonds. The Morgan fingerprint density at radius 3 is 0.478 bits per heavy atom. The smallest absolute Gasteiger partial charge is 0.174 e. The van der Waals surface area contributed by atoms with Crippen LogP contribution in [0.25, 0.3) is 312 Å². The van der Waals surface area contributed by atoms with Crippen LogP contribution in [0, 0.1) is 0 Å². The number of hydrogen-bond acceptors (Lipinski definition) is 1. The Morgan fingerprint density at radius 1 is 0.188 bits per heavy atom. The van der Waals surface area contributed by atoms with Gasteiger partial charge in [-0.05, 0) is 324 Å². The summed E-state index contributed by atoms with van der Waals surface area (Å²) in [6.45, 7) is 0. The van der Waals surface area contributed by atoms with Crippen LogP contribution in [0.2, 0.25) is 0 Å². The third kappa shape index (κ3) is 1.40. The average molecular weight is 839 g/mol. The molecular formula is C68H6O. The normalized spacial score (nSPS) is 17.6. The fourth-order valence-electron chi connectivity index (χ4n) is 23.8. The molecule has 0 spiro atoms. The van der Waals surface area contributed by atoms with Gasteiger partial charge in [0.05, 0.1) is 5.92 Å². The van der Waals surface area contributed by atoms with Crippen molar-refractivity contribution in [2.24, 2.45) is 0 Å². The Labute approximate surface area is 373 Å². The van der Waals surface area contributed by atoms with E-state index >= 15 is 4.79 Å². The maximum atomic E-state index is 16.6. The predicted molar refractivity (Wildman–Crippen MR) is 293 cm³/mol. The molecule has 0 fully saturated rings. The second kappa shape index (κ2) is 5.82. The SMILES string of the molecule is O=C(c1ccccc1)C1c2c3c4c5c1c1c6c7c2c2c8c3c3c9c4c4c%10c5c5c1c1c6c6c%11c7c2c2c7c8c3c3c8c9c4c4c9c%10c5c5c1c1c6c6c%11c2c2c7c3c3c8c4c4c9c5c1c1c6c2c3c41. The summed E-state index contributed by atoms with van der Waals surface area (Å²) >= 11 is 0. The minimum absolute atomic E-state index is 0.288. The third-order valence-corrected chi connectivity index (χ3v) is 24.2. The van der Waals surface area contributed by atoms with Crippen molar-refractivity contribution in [2.45, 2.75) is 5.92 Å². The second-order valence-corrected chi connectivity index (χ2v) is 24.7. The van der Waals surface area contributed by atoms with Gasteiger partial charge in [0, 0.05) is 5.56 Å². The molecule has 0 unspecified atom stereocenters. The van der Waals surface area contributed by atoms with Gasteiger partial charge < -0.3 is 0 Å². The summed E-state index contributed by atoms with van der Waals surface area (Å²) in [4.78, 5) is 16.6. The van der Waals surface area contributed by atoms with Crippen LogP contribution >= 0.6 is 0 Å². The van der Waals surface area contributed by atoms with E-state index in [2.05, 4.69) is 30.3 Å². The Bertz CT molecular complexity index is 7160. The number of hydrogen-bond donors (Lipinski definition) is 0. The Balaban J connectivity index is 1.22. The minimum atomic E-state index is -0.395. The van der Waals surface area contributed by atoms with Crippen molar-refractivity contribution in [3.05, 3.63) is 47.0 Å². The molecule has 0 aromatic heterocycles. The van der Waals surface area contributed by atoms with Crippen molar-refractivity contribution in [3.63, 3.8) is 0 Å². The van der Waals surface area contributed by atoms with Crippen LogP contribution in [-0.2, 0) is 0 Å². The summed E-state index contributed by atoms with van der Waals surface area (Å²) in [6.07, 6.45) is 0. The first-order chi connectivity index (χ1) is 34.4. The molecule has 31 aromatic carbocycles. The number of Topliss-reactive ketones (excluding diaryl/α,β-unsaturated/α-hetero) is 1. The van der Waals surface area contributed by atoms with E-state index in [4.69, 9.17) is 0 Å². The lowest BCUT2D eigenvalue weighted by molar-refractivity contribution is 0.0975. The van der Waals surface area contributed by atoms with Gasteiger partial charge in [0.15, 0.2) is 5.78 Å². The van der Waals surface area contributed by atoms with Crippen LogP contribution in [0.15, 0.2) is 30.3 Å². The third-order valence-electron chi connectivity index (χ3n) is 24.2. The molecular weight excluding hydrogens is 833 g/mol. The number of ketones is 1. The van der Waals surface area contributed by atoms with Crippen molar-refractivity contribution >= 4 is 318 Å². The van der Waals surface area contributed by atoms with Gasteiger partial charge in [-0.1, -0.05) is 30.3 Å². The number of carbonyl (C=O) groups is 1. The maximum Gasteiger partial charge on any atom is 0.174 e. The van der Waals surface area contributed by atoms with Gasteiger partial charge in [-0.2, -0.15) is 0 Å². The highest BCUT2D eigenvalue weighted by Gasteiger charge is 2.52. The van der Waals surface area contributed by atoms with Gasteiger partial charge in [0.2, 0.25) is 0 Å². The van der Waals surface area contributed by atoms with Gasteiger partial charge in [-0.15, -0.1) is 0 Å². The van der Waals surface area contributed by atoms with Crippen LogP contribution in [0.1, 0.15) is 27.4 Å². The van der Waals surface area contributed by atoms with Gasteiger partial charge in [0.25, 0.3) is 0 Å². The highest BCUT2D eigenvalue weighted by Crippen LogP contribution is 2.80. The number of carbonyl (C=O) groups excluding carboxylic acids is 1. The predicted octanol–water partition coefficient (Wildman–Crippen LogP) is 19.0. The first-order valence-corrected chi connectivity index (χ1v) is 25.5. The Kier molecular flexibility index (Phi) is 2.13. The average Bonchev–Trinajstić information content (AvgIpc) is 4.27. The van der Waals surface area contributed by atoms with E-state index in [-0.39, 0.29) is 5.78 Å². The van der Waals surface area contributed by atoms with Gasteiger partial charge in [0.1, 0.15) is 0 Å². The zero-order valence-corrected chi connectivity index (χ0v) is 34.9. The Hall–Kier alpha value is -8.91. The van der Waals surface area contributed by atoms with Crippen molar-refractivity contribution in [1.29, 1.82) is 0 Å². The molecule has 0 saturated carbocycles. The van der Waals surface area contributed by atoms with Gasteiger partial charge >= 0.3 is 0 Å². The number of fused-ring (bicyclic) bond motifs is 5. The van der Waals surface area contributed by atoms with Crippen LogP contribution in [0.5, 0.6) is 0 Å². The minimum Gasteiger partial charge on any atom is -0.293 e. The summed E-state index contributed by atoms with van der Waals surface area (Å²) in [5, 5.41) is 91.0. The van der Waals surface area contributed by atoms with E-state index in [1.807, 2.05) is 0 Å². The summed E-state index contributed by atoms with van der Waals surface area (Å²) in [5.74, 6) is -0.108. The number of rotatable bonds is 2. The molecule has 1 aliphatic carbocycles. The second-order valence-electron chi connectivity index (χ2n) is 24.7. The number of benzene rings is 20. The lowest BCUT2D eigenvalue weighted by atomic mass is 9.71. The largest absolute Gasteiger partial charge is 0.293 e. The summed E-state index contributed by atoms with van der Waals surface area (Å²) < 4.78 is 0. The lowest BCUT2D eigenvalue weighted by Gasteiger charge is -2.30. The zero-order valence-electron chi connectivity index (χ0n) is 34.9. The van der Waals surface area contributed by atoms with E-state index < -0.39 is 5.92 Å². The highest BCUT2D eigenvalue weighted by atomic mass is 16.1. The van der Waals surface area contributed by atoms with Gasteiger partial charge in [-0.3, -0.25) is 4.79 Å².